The second-order valence-corrected chi connectivity index (χ2v) is 11.6. The molecule has 2 aliphatic carbocycles. The van der Waals surface area contributed by atoms with E-state index in [0.717, 1.165) is 30.7 Å². The number of urea groups is 1. The molecule has 3 N–H and O–H groups in total. The monoisotopic (exact) mass is 491 g/mol. The molecule has 2 fully saturated rings. The summed E-state index contributed by atoms with van der Waals surface area (Å²) in [5, 5.41) is 1.46. The number of aromatic nitrogens is 2. The molecule has 34 heavy (non-hydrogen) atoms. The van der Waals surface area contributed by atoms with Gasteiger partial charge in [-0.05, 0) is 64.4 Å². The highest BCUT2D eigenvalue weighted by Gasteiger charge is 2.38. The van der Waals surface area contributed by atoms with E-state index in [0.29, 0.717) is 39.0 Å². The van der Waals surface area contributed by atoms with Gasteiger partial charge in [-0.3, -0.25) is 13.9 Å². The zero-order chi connectivity index (χ0) is 24.9. The molecule has 0 unspecified atom stereocenters. The topological polar surface area (TPSA) is 129 Å². The summed E-state index contributed by atoms with van der Waals surface area (Å²) in [6.45, 7) is 9.51. The first-order valence-electron chi connectivity index (χ1n) is 11.7. The highest BCUT2D eigenvalue weighted by atomic mass is 32.1. The number of amides is 3. The fourth-order valence-electron chi connectivity index (χ4n) is 4.34. The second kappa shape index (κ2) is 8.75. The van der Waals surface area contributed by atoms with Gasteiger partial charge in [-0.1, -0.05) is 13.3 Å². The molecule has 2 atom stereocenters. The first kappa shape index (κ1) is 24.3. The van der Waals surface area contributed by atoms with Gasteiger partial charge in [0, 0.05) is 17.5 Å². The van der Waals surface area contributed by atoms with Gasteiger partial charge in [0.1, 0.15) is 10.4 Å². The first-order chi connectivity index (χ1) is 15.9. The standard InChI is InChI=1S/C23H33N5O5S/c1-12-9-15(12)28-18(29)17-13(2)16(11-27(20(24)30)25-21(31)33-23(3,4)5)34-19(17)26(22(28)32)10-14-7-6-8-14/h12,14-15H,6-11H2,1-5H3,(H2,24,30)(H,25,31)/t12-,15-/m0/s1. The molecule has 2 heterocycles. The average molecular weight is 492 g/mol. The van der Waals surface area contributed by atoms with Crippen LogP contribution >= 0.6 is 11.3 Å². The molecule has 0 spiro atoms. The van der Waals surface area contributed by atoms with Crippen LogP contribution < -0.4 is 22.4 Å². The lowest BCUT2D eigenvalue weighted by Gasteiger charge is -2.26. The lowest BCUT2D eigenvalue weighted by molar-refractivity contribution is 0.0376. The van der Waals surface area contributed by atoms with Gasteiger partial charge in [-0.2, -0.15) is 0 Å². The van der Waals surface area contributed by atoms with Crippen molar-refractivity contribution in [3.8, 4) is 0 Å². The third-order valence-electron chi connectivity index (χ3n) is 6.60. The van der Waals surface area contributed by atoms with Gasteiger partial charge in [-0.25, -0.2) is 24.8 Å². The molecule has 10 nitrogen and oxygen atoms in total. The maximum Gasteiger partial charge on any atom is 0.426 e. The van der Waals surface area contributed by atoms with Crippen LogP contribution in [0.4, 0.5) is 9.59 Å². The Kier molecular flexibility index (Phi) is 6.26. The maximum absolute atomic E-state index is 13.4. The van der Waals surface area contributed by atoms with E-state index in [1.807, 2.05) is 6.92 Å². The minimum absolute atomic E-state index is 0.0450. The van der Waals surface area contributed by atoms with E-state index in [4.69, 9.17) is 10.5 Å². The van der Waals surface area contributed by atoms with Crippen molar-refractivity contribution in [1.29, 1.82) is 0 Å². The van der Waals surface area contributed by atoms with Crippen LogP contribution in [-0.2, 0) is 17.8 Å². The Morgan fingerprint density at radius 3 is 2.41 bits per heavy atom. The highest BCUT2D eigenvalue weighted by molar-refractivity contribution is 7.18. The van der Waals surface area contributed by atoms with Crippen molar-refractivity contribution in [1.82, 2.24) is 19.6 Å². The zero-order valence-electron chi connectivity index (χ0n) is 20.3. The van der Waals surface area contributed by atoms with Crippen LogP contribution in [0.2, 0.25) is 0 Å². The van der Waals surface area contributed by atoms with Crippen LogP contribution in [0.3, 0.4) is 0 Å². The molecule has 0 bridgehead atoms. The number of carbonyl (C=O) groups is 2. The molecule has 0 aromatic carbocycles. The number of hydrazine groups is 1. The number of ether oxygens (including phenoxy) is 1. The van der Waals surface area contributed by atoms with Crippen molar-refractivity contribution < 1.29 is 14.3 Å². The molecule has 2 aliphatic rings. The lowest BCUT2D eigenvalue weighted by atomic mass is 9.85. The zero-order valence-corrected chi connectivity index (χ0v) is 21.2. The van der Waals surface area contributed by atoms with Crippen LogP contribution in [0, 0.1) is 18.8 Å². The van der Waals surface area contributed by atoms with Crippen molar-refractivity contribution in [3.05, 3.63) is 31.3 Å². The molecule has 186 valence electrons. The number of primary amides is 1. The van der Waals surface area contributed by atoms with Crippen LogP contribution in [0.25, 0.3) is 10.2 Å². The van der Waals surface area contributed by atoms with E-state index >= 15 is 0 Å². The number of carbonyl (C=O) groups excluding carboxylic acids is 2. The van der Waals surface area contributed by atoms with Gasteiger partial charge < -0.3 is 10.5 Å². The molecule has 2 saturated carbocycles. The number of nitrogens with two attached hydrogens (primary N) is 1. The normalized spacial score (nSPS) is 20.1. The van der Waals surface area contributed by atoms with Crippen LogP contribution in [0.15, 0.2) is 9.59 Å². The Morgan fingerprint density at radius 2 is 1.91 bits per heavy atom. The number of rotatable bonds is 5. The van der Waals surface area contributed by atoms with Gasteiger partial charge in [0.2, 0.25) is 0 Å². The van der Waals surface area contributed by atoms with Crippen molar-refractivity contribution in [2.24, 2.45) is 17.6 Å². The third kappa shape index (κ3) is 4.70. The summed E-state index contributed by atoms with van der Waals surface area (Å²) >= 11 is 1.29. The molecule has 11 heteroatoms. The summed E-state index contributed by atoms with van der Waals surface area (Å²) in [6.07, 6.45) is 3.30. The fourth-order valence-corrected chi connectivity index (χ4v) is 5.63. The Labute approximate surface area is 201 Å². The van der Waals surface area contributed by atoms with Crippen LogP contribution in [-0.4, -0.2) is 31.9 Å². The molecular formula is C23H33N5O5S. The van der Waals surface area contributed by atoms with E-state index in [2.05, 4.69) is 5.43 Å². The van der Waals surface area contributed by atoms with E-state index in [9.17, 15) is 19.2 Å². The Hall–Kier alpha value is -2.82. The third-order valence-corrected chi connectivity index (χ3v) is 7.90. The number of fused-ring (bicyclic) bond motifs is 1. The number of thiophene rings is 1. The van der Waals surface area contributed by atoms with Crippen LogP contribution in [0.5, 0.6) is 0 Å². The number of nitrogens with one attached hydrogen (secondary N) is 1. The smallest absolute Gasteiger partial charge is 0.426 e. The van der Waals surface area contributed by atoms with E-state index in [1.54, 1.807) is 32.3 Å². The summed E-state index contributed by atoms with van der Waals surface area (Å²) in [4.78, 5) is 52.4. The minimum atomic E-state index is -0.862. The van der Waals surface area contributed by atoms with Crippen molar-refractivity contribution in [2.45, 2.75) is 85.0 Å². The first-order valence-corrected chi connectivity index (χ1v) is 12.5. The van der Waals surface area contributed by atoms with E-state index in [-0.39, 0.29) is 23.8 Å². The molecule has 0 aliphatic heterocycles. The molecule has 0 saturated heterocycles. The minimum Gasteiger partial charge on any atom is -0.443 e. The summed E-state index contributed by atoms with van der Waals surface area (Å²) in [5.41, 5.74) is 7.28. The number of hydrogen-bond acceptors (Lipinski definition) is 6. The largest absolute Gasteiger partial charge is 0.443 e. The Balaban J connectivity index is 1.74. The highest BCUT2D eigenvalue weighted by Crippen LogP contribution is 2.41. The predicted octanol–water partition coefficient (Wildman–Crippen LogP) is 3.23. The molecule has 2 aromatic heterocycles. The lowest BCUT2D eigenvalue weighted by Crippen LogP contribution is -2.49. The number of nitrogens with zero attached hydrogens (tertiary/aromatic N) is 3. The van der Waals surface area contributed by atoms with Gasteiger partial charge >= 0.3 is 17.8 Å². The maximum atomic E-state index is 13.4. The quantitative estimate of drug-likeness (QED) is 0.621. The predicted molar refractivity (Wildman–Crippen MR) is 130 cm³/mol. The summed E-state index contributed by atoms with van der Waals surface area (Å²) in [5.74, 6) is 0.715. The summed E-state index contributed by atoms with van der Waals surface area (Å²) in [7, 11) is 0. The van der Waals surface area contributed by atoms with Crippen molar-refractivity contribution in [2.75, 3.05) is 0 Å². The van der Waals surface area contributed by atoms with Gasteiger partial charge in [0.15, 0.2) is 0 Å². The molecule has 2 aromatic rings. The van der Waals surface area contributed by atoms with Gasteiger partial charge in [-0.15, -0.1) is 11.3 Å². The SMILES string of the molecule is Cc1c(CN(NC(=O)OC(C)(C)C)C(N)=O)sc2c1c(=O)n([C@H]1C[C@@H]1C)c(=O)n2CC1CCC1. The number of aryl methyl sites for hydroxylation is 1. The molecule has 3 amide bonds. The van der Waals surface area contributed by atoms with Crippen molar-refractivity contribution in [3.63, 3.8) is 0 Å². The van der Waals surface area contributed by atoms with E-state index < -0.39 is 17.7 Å². The summed E-state index contributed by atoms with van der Waals surface area (Å²) in [6, 6.07) is -0.936. The van der Waals surface area contributed by atoms with E-state index in [1.165, 1.54) is 15.9 Å². The molecular weight excluding hydrogens is 458 g/mol. The van der Waals surface area contributed by atoms with Crippen LogP contribution in [0.1, 0.15) is 69.9 Å². The average Bonchev–Trinajstić information content (AvgIpc) is 3.29. The van der Waals surface area contributed by atoms with Gasteiger partial charge in [0.05, 0.1) is 11.9 Å². The Morgan fingerprint density at radius 1 is 1.26 bits per heavy atom. The second-order valence-electron chi connectivity index (χ2n) is 10.5. The molecule has 4 rings (SSSR count). The van der Waals surface area contributed by atoms with Crippen molar-refractivity contribution >= 4 is 33.7 Å². The van der Waals surface area contributed by atoms with Gasteiger partial charge in [0.25, 0.3) is 5.56 Å². The summed E-state index contributed by atoms with van der Waals surface area (Å²) < 4.78 is 8.38. The Bertz CT molecular complexity index is 1250. The number of hydrogen-bond donors (Lipinski definition) is 2. The molecule has 0 radical (unpaired) electrons. The fraction of sp³-hybridized carbons (Fsp3) is 0.652.